The van der Waals surface area contributed by atoms with Crippen LogP contribution in [0.5, 0.6) is 0 Å². The van der Waals surface area contributed by atoms with Crippen molar-refractivity contribution in [2.75, 3.05) is 0 Å². The van der Waals surface area contributed by atoms with Gasteiger partial charge < -0.3 is 5.11 Å². The molecule has 1 atom stereocenters. The van der Waals surface area contributed by atoms with E-state index in [1.54, 1.807) is 6.92 Å². The highest BCUT2D eigenvalue weighted by atomic mass is 16.4. The normalized spacial score (nSPS) is 13.0. The van der Waals surface area contributed by atoms with Gasteiger partial charge in [-0.05, 0) is 29.4 Å². The van der Waals surface area contributed by atoms with Gasteiger partial charge in [0, 0.05) is 12.8 Å². The molecule has 0 amide bonds. The predicted molar refractivity (Wildman–Crippen MR) is 84.3 cm³/mol. The molecule has 3 heteroatoms. The topological polar surface area (TPSA) is 54.4 Å². The molecule has 0 saturated carbocycles. The largest absolute Gasteiger partial charge is 0.481 e. The maximum Gasteiger partial charge on any atom is 0.306 e. The van der Waals surface area contributed by atoms with Crippen LogP contribution < -0.4 is 0 Å². The Labute approximate surface area is 127 Å². The predicted octanol–water partition coefficient (Wildman–Crippen LogP) is 3.89. The fourth-order valence-corrected chi connectivity index (χ4v) is 2.25. The molecule has 0 heterocycles. The minimum Gasteiger partial charge on any atom is -0.481 e. The van der Waals surface area contributed by atoms with Crippen molar-refractivity contribution in [2.45, 2.75) is 53.4 Å². The van der Waals surface area contributed by atoms with E-state index < -0.39 is 5.97 Å². The highest BCUT2D eigenvalue weighted by Gasteiger charge is 2.15. The molecule has 0 aliphatic carbocycles. The van der Waals surface area contributed by atoms with Crippen molar-refractivity contribution in [2.24, 2.45) is 11.3 Å². The summed E-state index contributed by atoms with van der Waals surface area (Å²) in [5, 5.41) is 8.90. The number of ketones is 1. The first-order valence-electron chi connectivity index (χ1n) is 7.50. The van der Waals surface area contributed by atoms with Crippen LogP contribution in [0.1, 0.15) is 51.7 Å². The molecule has 1 N–H and O–H groups in total. The number of carbonyl (C=O) groups excluding carboxylic acids is 1. The second kappa shape index (κ2) is 7.39. The summed E-state index contributed by atoms with van der Waals surface area (Å²) >= 11 is 0. The van der Waals surface area contributed by atoms with Crippen LogP contribution in [-0.2, 0) is 22.4 Å². The van der Waals surface area contributed by atoms with Crippen molar-refractivity contribution in [3.8, 4) is 0 Å². The zero-order valence-electron chi connectivity index (χ0n) is 13.5. The van der Waals surface area contributed by atoms with Gasteiger partial charge in [-0.25, -0.2) is 0 Å². The summed E-state index contributed by atoms with van der Waals surface area (Å²) in [5.74, 6) is -0.845. The van der Waals surface area contributed by atoms with Gasteiger partial charge in [0.1, 0.15) is 5.78 Å². The van der Waals surface area contributed by atoms with Gasteiger partial charge in [0.25, 0.3) is 0 Å². The molecular weight excluding hydrogens is 264 g/mol. The number of aryl methyl sites for hydroxylation is 1. The standard InChI is InChI=1S/C18H26O3/c1-13(17(20)21)11-15-7-5-14(6-8-15)9-10-16(19)12-18(2,3)4/h5-8,13H,9-12H2,1-4H3,(H,20,21)/t13-/m0/s1. The zero-order valence-corrected chi connectivity index (χ0v) is 13.5. The van der Waals surface area contributed by atoms with E-state index in [9.17, 15) is 9.59 Å². The summed E-state index contributed by atoms with van der Waals surface area (Å²) in [6, 6.07) is 7.91. The third-order valence-electron chi connectivity index (χ3n) is 3.41. The monoisotopic (exact) mass is 290 g/mol. The Morgan fingerprint density at radius 3 is 2.10 bits per heavy atom. The van der Waals surface area contributed by atoms with Crippen LogP contribution in [0.4, 0.5) is 0 Å². The summed E-state index contributed by atoms with van der Waals surface area (Å²) in [6.07, 6.45) is 2.48. The molecule has 0 unspecified atom stereocenters. The molecule has 3 nitrogen and oxygen atoms in total. The van der Waals surface area contributed by atoms with E-state index >= 15 is 0 Å². The van der Waals surface area contributed by atoms with E-state index in [0.29, 0.717) is 25.0 Å². The Hall–Kier alpha value is -1.64. The molecule has 0 spiro atoms. The van der Waals surface area contributed by atoms with Crippen molar-refractivity contribution in [3.63, 3.8) is 0 Å². The second-order valence-electron chi connectivity index (χ2n) is 7.04. The molecule has 116 valence electrons. The van der Waals surface area contributed by atoms with Crippen molar-refractivity contribution in [1.82, 2.24) is 0 Å². The van der Waals surface area contributed by atoms with Gasteiger partial charge in [0.05, 0.1) is 5.92 Å². The van der Waals surface area contributed by atoms with Gasteiger partial charge in [0.15, 0.2) is 0 Å². The van der Waals surface area contributed by atoms with Crippen LogP contribution in [0.2, 0.25) is 0 Å². The number of aliphatic carboxylic acids is 1. The number of hydrogen-bond donors (Lipinski definition) is 1. The molecule has 1 rings (SSSR count). The molecule has 0 saturated heterocycles. The zero-order chi connectivity index (χ0) is 16.0. The first-order chi connectivity index (χ1) is 9.67. The maximum atomic E-state index is 11.9. The smallest absolute Gasteiger partial charge is 0.306 e. The number of hydrogen-bond acceptors (Lipinski definition) is 2. The minimum atomic E-state index is -0.771. The van der Waals surface area contributed by atoms with Crippen molar-refractivity contribution in [3.05, 3.63) is 35.4 Å². The first kappa shape index (κ1) is 17.4. The minimum absolute atomic E-state index is 0.0495. The first-order valence-corrected chi connectivity index (χ1v) is 7.50. The number of carboxylic acid groups (broad SMARTS) is 1. The van der Waals surface area contributed by atoms with Gasteiger partial charge in [0.2, 0.25) is 0 Å². The lowest BCUT2D eigenvalue weighted by Crippen LogP contribution is -2.13. The number of carboxylic acids is 1. The maximum absolute atomic E-state index is 11.9. The molecule has 0 bridgehead atoms. The van der Waals surface area contributed by atoms with Crippen LogP contribution in [0.25, 0.3) is 0 Å². The van der Waals surface area contributed by atoms with Gasteiger partial charge in [-0.15, -0.1) is 0 Å². The van der Waals surface area contributed by atoms with Gasteiger partial charge in [-0.3, -0.25) is 9.59 Å². The fourth-order valence-electron chi connectivity index (χ4n) is 2.25. The number of carbonyl (C=O) groups is 2. The average Bonchev–Trinajstić information content (AvgIpc) is 2.35. The Bertz CT molecular complexity index is 480. The summed E-state index contributed by atoms with van der Waals surface area (Å²) < 4.78 is 0. The van der Waals surface area contributed by atoms with E-state index in [4.69, 9.17) is 5.11 Å². The third-order valence-corrected chi connectivity index (χ3v) is 3.41. The van der Waals surface area contributed by atoms with Gasteiger partial charge in [-0.2, -0.15) is 0 Å². The fraction of sp³-hybridized carbons (Fsp3) is 0.556. The quantitative estimate of drug-likeness (QED) is 0.829. The second-order valence-corrected chi connectivity index (χ2v) is 7.04. The lowest BCUT2D eigenvalue weighted by molar-refractivity contribution is -0.141. The molecule has 1 aromatic rings. The van der Waals surface area contributed by atoms with Crippen LogP contribution in [-0.4, -0.2) is 16.9 Å². The number of benzene rings is 1. The SMILES string of the molecule is C[C@@H](Cc1ccc(CCC(=O)CC(C)(C)C)cc1)C(=O)O. The molecule has 1 aromatic carbocycles. The number of Topliss-reactive ketones (excluding diaryl/α,β-unsaturated/α-hetero) is 1. The molecule has 21 heavy (non-hydrogen) atoms. The van der Waals surface area contributed by atoms with Gasteiger partial charge >= 0.3 is 5.97 Å². The number of rotatable bonds is 7. The Kier molecular flexibility index (Phi) is 6.13. The lowest BCUT2D eigenvalue weighted by Gasteiger charge is -2.16. The Morgan fingerprint density at radius 1 is 1.10 bits per heavy atom. The van der Waals surface area contributed by atoms with E-state index in [1.165, 1.54) is 0 Å². The lowest BCUT2D eigenvalue weighted by atomic mass is 9.88. The Balaban J connectivity index is 2.48. The molecular formula is C18H26O3. The highest BCUT2D eigenvalue weighted by Crippen LogP contribution is 2.20. The van der Waals surface area contributed by atoms with Gasteiger partial charge in [-0.1, -0.05) is 52.0 Å². The average molecular weight is 290 g/mol. The molecule has 0 radical (unpaired) electrons. The molecule has 0 aliphatic heterocycles. The highest BCUT2D eigenvalue weighted by molar-refractivity contribution is 5.79. The van der Waals surface area contributed by atoms with E-state index in [-0.39, 0.29) is 11.3 Å². The summed E-state index contributed by atoms with van der Waals surface area (Å²) in [4.78, 5) is 22.7. The summed E-state index contributed by atoms with van der Waals surface area (Å²) in [6.45, 7) is 7.93. The van der Waals surface area contributed by atoms with Crippen LogP contribution in [0.3, 0.4) is 0 Å². The van der Waals surface area contributed by atoms with E-state index in [1.807, 2.05) is 24.3 Å². The summed E-state index contributed by atoms with van der Waals surface area (Å²) in [7, 11) is 0. The van der Waals surface area contributed by atoms with E-state index in [0.717, 1.165) is 17.5 Å². The van der Waals surface area contributed by atoms with Crippen molar-refractivity contribution >= 4 is 11.8 Å². The molecule has 0 fully saturated rings. The molecule has 0 aromatic heterocycles. The van der Waals surface area contributed by atoms with Crippen LogP contribution >= 0.6 is 0 Å². The molecule has 0 aliphatic rings. The third kappa shape index (κ3) is 7.07. The Morgan fingerprint density at radius 2 is 1.62 bits per heavy atom. The van der Waals surface area contributed by atoms with Crippen molar-refractivity contribution < 1.29 is 14.7 Å². The van der Waals surface area contributed by atoms with Crippen LogP contribution in [0.15, 0.2) is 24.3 Å². The van der Waals surface area contributed by atoms with E-state index in [2.05, 4.69) is 20.8 Å². The van der Waals surface area contributed by atoms with Crippen LogP contribution in [0, 0.1) is 11.3 Å². The summed E-state index contributed by atoms with van der Waals surface area (Å²) in [5.41, 5.74) is 2.20. The van der Waals surface area contributed by atoms with Crippen molar-refractivity contribution in [1.29, 1.82) is 0 Å².